The van der Waals surface area contributed by atoms with E-state index in [1.165, 1.54) is 0 Å². The second-order valence-electron chi connectivity index (χ2n) is 7.71. The van der Waals surface area contributed by atoms with Crippen molar-refractivity contribution in [3.8, 4) is 17.1 Å². The Hall–Kier alpha value is -3.38. The molecule has 33 heavy (non-hydrogen) atoms. The Kier molecular flexibility index (Phi) is 6.13. The van der Waals surface area contributed by atoms with E-state index in [1.807, 2.05) is 38.1 Å². The molecule has 9 heteroatoms. The van der Waals surface area contributed by atoms with E-state index in [2.05, 4.69) is 32.3 Å². The molecule has 0 saturated heterocycles. The first-order valence-electron chi connectivity index (χ1n) is 9.83. The molecular weight excluding hydrogens is 605 g/mol. The number of halogens is 2. The third-order valence-corrected chi connectivity index (χ3v) is 5.24. The van der Waals surface area contributed by atoms with Gasteiger partial charge in [0.1, 0.15) is 0 Å². The molecule has 1 aromatic carbocycles. The maximum Gasteiger partial charge on any atom is 2.00 e. The van der Waals surface area contributed by atoms with Crippen molar-refractivity contribution in [2.75, 3.05) is 0 Å². The average molecular weight is 622 g/mol. The Labute approximate surface area is 203 Å². The van der Waals surface area contributed by atoms with Crippen molar-refractivity contribution in [2.45, 2.75) is 19.3 Å². The minimum atomic E-state index is -0.712. The minimum Gasteiger partial charge on any atom is -0.395 e. The molecule has 0 amide bonds. The summed E-state index contributed by atoms with van der Waals surface area (Å²) in [6.07, 6.45) is 6.03. The first-order chi connectivity index (χ1) is 15.4. The number of hydrogen-bond acceptors (Lipinski definition) is 5. The Morgan fingerprint density at radius 2 is 1.67 bits per heavy atom. The van der Waals surface area contributed by atoms with E-state index in [0.717, 1.165) is 17.8 Å². The van der Waals surface area contributed by atoms with Gasteiger partial charge in [0.15, 0.2) is 0 Å². The molecule has 0 aliphatic carbocycles. The molecule has 0 aliphatic heterocycles. The Morgan fingerprint density at radius 1 is 0.939 bits per heavy atom. The van der Waals surface area contributed by atoms with Crippen molar-refractivity contribution >= 4 is 11.3 Å². The van der Waals surface area contributed by atoms with E-state index in [0.29, 0.717) is 28.5 Å². The van der Waals surface area contributed by atoms with Crippen LogP contribution in [0.3, 0.4) is 0 Å². The maximum absolute atomic E-state index is 14.3. The van der Waals surface area contributed by atoms with Crippen molar-refractivity contribution in [3.05, 3.63) is 96.3 Å². The topological polar surface area (TPSA) is 69.4 Å². The van der Waals surface area contributed by atoms with E-state index >= 15 is 0 Å². The number of imidazole rings is 1. The third kappa shape index (κ3) is 4.18. The molecule has 4 heterocycles. The van der Waals surface area contributed by atoms with Crippen LogP contribution in [0.15, 0.2) is 60.9 Å². The smallest absolute Gasteiger partial charge is 0.395 e. The molecule has 166 valence electrons. The fourth-order valence-corrected chi connectivity index (χ4v) is 3.45. The van der Waals surface area contributed by atoms with E-state index in [1.54, 1.807) is 29.1 Å². The van der Waals surface area contributed by atoms with Crippen molar-refractivity contribution in [1.82, 2.24) is 29.5 Å². The number of nitrogens with zero attached hydrogens (tertiary/aromatic N) is 6. The van der Waals surface area contributed by atoms with Gasteiger partial charge in [0.25, 0.3) is 0 Å². The molecular formula is C24H16F2N6Pt. The summed E-state index contributed by atoms with van der Waals surface area (Å²) in [6, 6.07) is 15.5. The Balaban J connectivity index is 0.00000259. The van der Waals surface area contributed by atoms with Crippen LogP contribution in [0.25, 0.3) is 28.4 Å². The molecule has 0 unspecified atom stereocenters. The number of rotatable bonds is 4. The van der Waals surface area contributed by atoms with E-state index in [9.17, 15) is 8.78 Å². The normalized spacial score (nSPS) is 11.4. The van der Waals surface area contributed by atoms with E-state index in [4.69, 9.17) is 4.98 Å². The fraction of sp³-hybridized carbons (Fsp3) is 0.125. The SMILES string of the molecule is CC(C)(c1cccc(-c2[c-]cc(F)cc2F)n1)c1cccc(-n2[c-]nc3nccnc32)n1.[Pt+2]. The van der Waals surface area contributed by atoms with Gasteiger partial charge in [-0.25, -0.2) is 0 Å². The van der Waals surface area contributed by atoms with Crippen LogP contribution in [0.1, 0.15) is 25.2 Å². The summed E-state index contributed by atoms with van der Waals surface area (Å²) < 4.78 is 29.2. The molecule has 0 spiro atoms. The van der Waals surface area contributed by atoms with Gasteiger partial charge in [-0.05, 0) is 31.7 Å². The summed E-state index contributed by atoms with van der Waals surface area (Å²) >= 11 is 0. The average Bonchev–Trinajstić information content (AvgIpc) is 3.23. The predicted molar refractivity (Wildman–Crippen MR) is 114 cm³/mol. The summed E-state index contributed by atoms with van der Waals surface area (Å²) in [6.45, 7) is 3.96. The van der Waals surface area contributed by atoms with Crippen LogP contribution in [0.5, 0.6) is 0 Å². The standard InChI is InChI=1S/C24H16F2N6.Pt/c1-24(2,19-6-3-5-18(30-19)16-10-9-15(25)13-17(16)26)20-7-4-8-21(31-20)32-14-29-22-23(32)28-12-11-27-22;/h3-9,11-13H,1-2H3;/q-2;+2. The summed E-state index contributed by atoms with van der Waals surface area (Å²) in [7, 11) is 0. The second-order valence-corrected chi connectivity index (χ2v) is 7.71. The van der Waals surface area contributed by atoms with Crippen molar-refractivity contribution in [1.29, 1.82) is 0 Å². The second kappa shape index (κ2) is 8.87. The van der Waals surface area contributed by atoms with Gasteiger partial charge in [-0.2, -0.15) is 0 Å². The minimum absolute atomic E-state index is 0. The van der Waals surface area contributed by atoms with Gasteiger partial charge >= 0.3 is 21.1 Å². The third-order valence-electron chi connectivity index (χ3n) is 5.24. The van der Waals surface area contributed by atoms with Crippen LogP contribution in [-0.4, -0.2) is 29.5 Å². The molecule has 5 rings (SSSR count). The fourth-order valence-electron chi connectivity index (χ4n) is 3.45. The zero-order chi connectivity index (χ0) is 22.3. The Bertz CT molecular complexity index is 1450. The van der Waals surface area contributed by atoms with Crippen LogP contribution in [-0.2, 0) is 26.5 Å². The zero-order valence-electron chi connectivity index (χ0n) is 17.5. The van der Waals surface area contributed by atoms with Crippen LogP contribution >= 0.6 is 0 Å². The van der Waals surface area contributed by atoms with Crippen molar-refractivity contribution in [3.63, 3.8) is 0 Å². The summed E-state index contributed by atoms with van der Waals surface area (Å²) in [5.74, 6) is -0.805. The van der Waals surface area contributed by atoms with E-state index in [-0.39, 0.29) is 26.6 Å². The molecule has 5 aromatic rings. The summed E-state index contributed by atoms with van der Waals surface area (Å²) in [5, 5.41) is 0. The van der Waals surface area contributed by atoms with Crippen LogP contribution in [0.2, 0.25) is 0 Å². The monoisotopic (exact) mass is 621 g/mol. The van der Waals surface area contributed by atoms with Crippen molar-refractivity contribution < 1.29 is 29.8 Å². The van der Waals surface area contributed by atoms with Crippen LogP contribution in [0, 0.1) is 24.0 Å². The molecule has 0 bridgehead atoms. The molecule has 0 radical (unpaired) electrons. The van der Waals surface area contributed by atoms with Gasteiger partial charge < -0.3 is 14.5 Å². The number of hydrogen-bond donors (Lipinski definition) is 0. The van der Waals surface area contributed by atoms with Crippen LogP contribution in [0.4, 0.5) is 8.78 Å². The number of benzene rings is 1. The quantitative estimate of drug-likeness (QED) is 0.277. The van der Waals surface area contributed by atoms with Gasteiger partial charge in [0.2, 0.25) is 0 Å². The van der Waals surface area contributed by atoms with Gasteiger partial charge in [-0.15, -0.1) is 12.1 Å². The summed E-state index contributed by atoms with van der Waals surface area (Å²) in [5.41, 5.74) is 2.31. The predicted octanol–water partition coefficient (Wildman–Crippen LogP) is 4.47. The zero-order valence-corrected chi connectivity index (χ0v) is 19.8. The van der Waals surface area contributed by atoms with Gasteiger partial charge in [0.05, 0.1) is 17.1 Å². The number of pyridine rings is 2. The summed E-state index contributed by atoms with van der Waals surface area (Å²) in [4.78, 5) is 22.1. The van der Waals surface area contributed by atoms with Crippen LogP contribution < -0.4 is 0 Å². The van der Waals surface area contributed by atoms with Gasteiger partial charge in [-0.1, -0.05) is 35.9 Å². The molecule has 6 nitrogen and oxygen atoms in total. The van der Waals surface area contributed by atoms with Crippen molar-refractivity contribution in [2.24, 2.45) is 0 Å². The van der Waals surface area contributed by atoms with Gasteiger partial charge in [0, 0.05) is 47.2 Å². The molecule has 0 atom stereocenters. The Morgan fingerprint density at radius 3 is 2.45 bits per heavy atom. The molecule has 0 N–H and O–H groups in total. The largest absolute Gasteiger partial charge is 2.00 e. The maximum atomic E-state index is 14.3. The molecule has 4 aromatic heterocycles. The van der Waals surface area contributed by atoms with Gasteiger partial charge in [-0.3, -0.25) is 23.7 Å². The first kappa shape index (κ1) is 22.8. The van der Waals surface area contributed by atoms with E-state index < -0.39 is 17.0 Å². The number of fused-ring (bicyclic) bond motifs is 1. The molecule has 0 fully saturated rings. The number of aromatic nitrogens is 6. The molecule has 0 saturated carbocycles. The molecule has 0 aliphatic rings. The first-order valence-corrected chi connectivity index (χ1v) is 9.83.